The van der Waals surface area contributed by atoms with E-state index in [9.17, 15) is 4.79 Å². The summed E-state index contributed by atoms with van der Waals surface area (Å²) in [4.78, 5) is 19.4. The smallest absolute Gasteiger partial charge is 0.225 e. The van der Waals surface area contributed by atoms with E-state index in [1.54, 1.807) is 0 Å². The van der Waals surface area contributed by atoms with E-state index in [0.29, 0.717) is 18.0 Å². The van der Waals surface area contributed by atoms with E-state index >= 15 is 0 Å². The highest BCUT2D eigenvalue weighted by Gasteiger charge is 2.32. The molecule has 1 N–H and O–H groups in total. The lowest BCUT2D eigenvalue weighted by molar-refractivity contribution is -0.138. The van der Waals surface area contributed by atoms with Crippen LogP contribution in [-0.4, -0.2) is 46.0 Å². The van der Waals surface area contributed by atoms with E-state index in [0.717, 1.165) is 57.6 Å². The Morgan fingerprint density at radius 2 is 2.26 bits per heavy atom. The molecule has 1 aromatic heterocycles. The van der Waals surface area contributed by atoms with Crippen LogP contribution in [-0.2, 0) is 11.2 Å². The maximum Gasteiger partial charge on any atom is 0.225 e. The monoisotopic (exact) mass is 340 g/mol. The van der Waals surface area contributed by atoms with E-state index in [2.05, 4.69) is 39.8 Å². The molecule has 0 spiro atoms. The summed E-state index contributed by atoms with van der Waals surface area (Å²) < 4.78 is 2.28. The van der Waals surface area contributed by atoms with Gasteiger partial charge in [0.25, 0.3) is 0 Å². The molecule has 130 valence electrons. The number of aryl methyl sites for hydroxylation is 1. The fraction of sp³-hybridized carbons (Fsp3) is 0.765. The number of halogens is 1. The summed E-state index contributed by atoms with van der Waals surface area (Å²) in [7, 11) is 0. The molecule has 0 saturated carbocycles. The van der Waals surface area contributed by atoms with E-state index in [1.165, 1.54) is 0 Å². The van der Waals surface area contributed by atoms with Gasteiger partial charge < -0.3 is 14.8 Å². The Morgan fingerprint density at radius 3 is 3.00 bits per heavy atom. The molecule has 2 aliphatic rings. The molecule has 2 saturated heterocycles. The lowest BCUT2D eigenvalue weighted by atomic mass is 9.91. The molecule has 3 heterocycles. The fourth-order valence-corrected chi connectivity index (χ4v) is 3.95. The van der Waals surface area contributed by atoms with Gasteiger partial charge in [-0.25, -0.2) is 4.98 Å². The second-order valence-corrected chi connectivity index (χ2v) is 6.76. The predicted molar refractivity (Wildman–Crippen MR) is 93.9 cm³/mol. The van der Waals surface area contributed by atoms with Crippen molar-refractivity contribution in [3.8, 4) is 0 Å². The maximum absolute atomic E-state index is 12.8. The second kappa shape index (κ2) is 8.15. The van der Waals surface area contributed by atoms with Gasteiger partial charge in [0.2, 0.25) is 5.91 Å². The SMILES string of the molecule is CCc1nccn1C1CCCN(C(=O)[C@H]2CCN[C@@H](C)C2)C1.Cl. The second-order valence-electron chi connectivity index (χ2n) is 6.76. The molecular weight excluding hydrogens is 312 g/mol. The summed E-state index contributed by atoms with van der Waals surface area (Å²) in [6.45, 7) is 7.05. The van der Waals surface area contributed by atoms with Gasteiger partial charge in [0.05, 0.1) is 6.04 Å². The largest absolute Gasteiger partial charge is 0.340 e. The molecule has 0 radical (unpaired) electrons. The highest BCUT2D eigenvalue weighted by molar-refractivity contribution is 5.85. The number of aromatic nitrogens is 2. The zero-order valence-corrected chi connectivity index (χ0v) is 15.0. The van der Waals surface area contributed by atoms with Gasteiger partial charge in [-0.15, -0.1) is 12.4 Å². The molecule has 5 nitrogen and oxygen atoms in total. The fourth-order valence-electron chi connectivity index (χ4n) is 3.95. The van der Waals surface area contributed by atoms with Gasteiger partial charge in [-0.05, 0) is 39.2 Å². The van der Waals surface area contributed by atoms with Crippen LogP contribution in [0.25, 0.3) is 0 Å². The van der Waals surface area contributed by atoms with Crippen LogP contribution < -0.4 is 5.32 Å². The molecule has 1 unspecified atom stereocenters. The van der Waals surface area contributed by atoms with E-state index < -0.39 is 0 Å². The molecule has 6 heteroatoms. The average molecular weight is 341 g/mol. The minimum absolute atomic E-state index is 0. The Bertz CT molecular complexity index is 518. The first-order chi connectivity index (χ1) is 10.7. The Labute approximate surface area is 145 Å². The summed E-state index contributed by atoms with van der Waals surface area (Å²) in [6, 6.07) is 0.859. The summed E-state index contributed by atoms with van der Waals surface area (Å²) in [6.07, 6.45) is 9.11. The van der Waals surface area contributed by atoms with Crippen molar-refractivity contribution in [1.82, 2.24) is 19.8 Å². The van der Waals surface area contributed by atoms with Crippen molar-refractivity contribution in [1.29, 1.82) is 0 Å². The van der Waals surface area contributed by atoms with Gasteiger partial charge >= 0.3 is 0 Å². The number of amides is 1. The van der Waals surface area contributed by atoms with Crippen LogP contribution in [0.5, 0.6) is 0 Å². The number of likely N-dealkylation sites (tertiary alicyclic amines) is 1. The van der Waals surface area contributed by atoms with Gasteiger partial charge in [-0.1, -0.05) is 6.92 Å². The quantitative estimate of drug-likeness (QED) is 0.919. The summed E-state index contributed by atoms with van der Waals surface area (Å²) in [5.41, 5.74) is 0. The van der Waals surface area contributed by atoms with Crippen LogP contribution in [0.3, 0.4) is 0 Å². The minimum Gasteiger partial charge on any atom is -0.340 e. The van der Waals surface area contributed by atoms with Crippen molar-refractivity contribution in [3.63, 3.8) is 0 Å². The summed E-state index contributed by atoms with van der Waals surface area (Å²) >= 11 is 0. The number of piperidine rings is 2. The number of hydrogen-bond donors (Lipinski definition) is 1. The van der Waals surface area contributed by atoms with E-state index in [1.807, 2.05) is 6.20 Å². The average Bonchev–Trinajstić information content (AvgIpc) is 3.03. The molecule has 3 atom stereocenters. The van der Waals surface area contributed by atoms with Crippen molar-refractivity contribution in [2.45, 2.75) is 58.0 Å². The molecule has 2 fully saturated rings. The number of nitrogens with zero attached hydrogens (tertiary/aromatic N) is 3. The van der Waals surface area contributed by atoms with Gasteiger partial charge in [-0.3, -0.25) is 4.79 Å². The number of hydrogen-bond acceptors (Lipinski definition) is 3. The first-order valence-corrected chi connectivity index (χ1v) is 8.73. The Morgan fingerprint density at radius 1 is 1.43 bits per heavy atom. The molecule has 0 bridgehead atoms. The number of nitrogens with one attached hydrogen (secondary N) is 1. The molecule has 0 aromatic carbocycles. The van der Waals surface area contributed by atoms with Gasteiger partial charge in [0.15, 0.2) is 0 Å². The first kappa shape index (κ1) is 18.3. The van der Waals surface area contributed by atoms with Crippen LogP contribution in [0.1, 0.15) is 51.4 Å². The van der Waals surface area contributed by atoms with Crippen LogP contribution >= 0.6 is 12.4 Å². The third-order valence-electron chi connectivity index (χ3n) is 5.14. The van der Waals surface area contributed by atoms with Crippen molar-refractivity contribution < 1.29 is 4.79 Å². The summed E-state index contributed by atoms with van der Waals surface area (Å²) in [5, 5.41) is 3.43. The van der Waals surface area contributed by atoms with E-state index in [4.69, 9.17) is 0 Å². The highest BCUT2D eigenvalue weighted by Crippen LogP contribution is 2.26. The van der Waals surface area contributed by atoms with Crippen LogP contribution in [0.4, 0.5) is 0 Å². The Hall–Kier alpha value is -1.07. The van der Waals surface area contributed by atoms with Crippen LogP contribution in [0.2, 0.25) is 0 Å². The highest BCUT2D eigenvalue weighted by atomic mass is 35.5. The van der Waals surface area contributed by atoms with Gasteiger partial charge in [0, 0.05) is 43.9 Å². The number of imidazole rings is 1. The minimum atomic E-state index is 0. The van der Waals surface area contributed by atoms with E-state index in [-0.39, 0.29) is 18.3 Å². The van der Waals surface area contributed by atoms with Crippen molar-refractivity contribution in [2.24, 2.45) is 5.92 Å². The van der Waals surface area contributed by atoms with Crippen molar-refractivity contribution in [3.05, 3.63) is 18.2 Å². The molecule has 2 aliphatic heterocycles. The zero-order chi connectivity index (χ0) is 15.5. The number of carbonyl (C=O) groups excluding carboxylic acids is 1. The molecule has 1 aromatic rings. The van der Waals surface area contributed by atoms with Crippen molar-refractivity contribution in [2.75, 3.05) is 19.6 Å². The third kappa shape index (κ3) is 4.07. The molecule has 0 aliphatic carbocycles. The predicted octanol–water partition coefficient (Wildman–Crippen LogP) is 2.42. The molecule has 3 rings (SSSR count). The normalized spacial score (nSPS) is 28.3. The first-order valence-electron chi connectivity index (χ1n) is 8.73. The lowest BCUT2D eigenvalue weighted by Crippen LogP contribution is -2.47. The van der Waals surface area contributed by atoms with Gasteiger partial charge in [0.1, 0.15) is 5.82 Å². The molecular formula is C17H29ClN4O. The Balaban J connectivity index is 0.00000192. The topological polar surface area (TPSA) is 50.2 Å². The standard InChI is InChI=1S/C17H28N4O.ClH/c1-3-16-19-8-10-21(16)15-5-4-9-20(12-15)17(22)14-6-7-18-13(2)11-14;/h8,10,13-15,18H,3-7,9,11-12H2,1-2H3;1H/t13-,14-,15?;/m0./s1. The molecule has 23 heavy (non-hydrogen) atoms. The lowest BCUT2D eigenvalue weighted by Gasteiger charge is -2.37. The number of carbonyl (C=O) groups is 1. The Kier molecular flexibility index (Phi) is 6.48. The van der Waals surface area contributed by atoms with Crippen LogP contribution in [0.15, 0.2) is 12.4 Å². The summed E-state index contributed by atoms with van der Waals surface area (Å²) in [5.74, 6) is 1.72. The maximum atomic E-state index is 12.8. The zero-order valence-electron chi connectivity index (χ0n) is 14.2. The number of rotatable bonds is 3. The molecule has 1 amide bonds. The van der Waals surface area contributed by atoms with Crippen LogP contribution in [0, 0.1) is 5.92 Å². The third-order valence-corrected chi connectivity index (χ3v) is 5.14. The van der Waals surface area contributed by atoms with Crippen molar-refractivity contribution >= 4 is 18.3 Å². The van der Waals surface area contributed by atoms with Gasteiger partial charge in [-0.2, -0.15) is 0 Å².